The van der Waals surface area contributed by atoms with E-state index >= 15 is 0 Å². The third-order valence-corrected chi connectivity index (χ3v) is 24.3. The first kappa shape index (κ1) is 122. The number of aromatic nitrogens is 2. The number of carbonyl (C=O) groups excluding carboxylic acids is 20. The Morgan fingerprint density at radius 2 is 1.01 bits per heavy atom. The monoisotopic (exact) mass is 2090 g/mol. The van der Waals surface area contributed by atoms with Crippen LogP contribution in [0.1, 0.15) is 167 Å². The van der Waals surface area contributed by atoms with Crippen LogP contribution >= 0.6 is 11.8 Å². The van der Waals surface area contributed by atoms with Crippen molar-refractivity contribution in [1.82, 2.24) is 126 Å². The Labute approximate surface area is 841 Å². The molecule has 60 nitrogen and oxygen atoms in total. The molecule has 812 valence electrons. The number of aliphatic hydroxyl groups excluding tert-OH is 1. The van der Waals surface area contributed by atoms with E-state index in [1.165, 1.54) is 31.3 Å². The first-order valence-corrected chi connectivity index (χ1v) is 48.8. The van der Waals surface area contributed by atoms with Gasteiger partial charge in [0.25, 0.3) is 0 Å². The van der Waals surface area contributed by atoms with Crippen molar-refractivity contribution in [2.24, 2.45) is 28.7 Å². The number of amides is 21. The predicted molar refractivity (Wildman–Crippen MR) is 511 cm³/mol. The highest BCUT2D eigenvalue weighted by atomic mass is 32.2. The van der Waals surface area contributed by atoms with E-state index in [4.69, 9.17) is 39.5 Å². The summed E-state index contributed by atoms with van der Waals surface area (Å²) in [5, 5.41) is 110. The molecule has 61 heteroatoms. The Morgan fingerprint density at radius 3 is 1.58 bits per heavy atom. The normalized spacial score (nSPS) is 19.6. The molecule has 17 atom stereocenters. The number of guanidine groups is 2. The molecule has 1 aromatic heterocycles. The van der Waals surface area contributed by atoms with Crippen LogP contribution in [0.3, 0.4) is 0 Å². The van der Waals surface area contributed by atoms with E-state index < -0.39 is 315 Å². The fraction of sp³-hybridized carbons (Fsp3) is 0.659. The first-order chi connectivity index (χ1) is 69.1. The maximum absolute atomic E-state index is 14.8. The molecule has 0 spiro atoms. The van der Waals surface area contributed by atoms with Gasteiger partial charge in [-0.1, -0.05) is 0 Å². The lowest BCUT2D eigenvalue weighted by atomic mass is 10.0. The van der Waals surface area contributed by atoms with Crippen molar-refractivity contribution in [1.29, 1.82) is 10.8 Å². The Bertz CT molecular complexity index is 4790. The molecule has 21 amide bonds. The van der Waals surface area contributed by atoms with Crippen LogP contribution in [0.4, 0.5) is 4.79 Å². The summed E-state index contributed by atoms with van der Waals surface area (Å²) in [6, 6.07) is -26.0. The van der Waals surface area contributed by atoms with E-state index in [0.717, 1.165) is 21.6 Å². The minimum Gasteiger partial charge on any atom is -0.481 e. The predicted octanol–water partition coefficient (Wildman–Crippen LogP) is -13.1. The fourth-order valence-electron chi connectivity index (χ4n) is 16.1. The van der Waals surface area contributed by atoms with Gasteiger partial charge in [-0.25, -0.2) is 14.6 Å². The average molecular weight is 2090 g/mol. The highest BCUT2D eigenvalue weighted by molar-refractivity contribution is 7.98. The molecule has 0 aromatic carbocycles. The molecule has 0 bridgehead atoms. The summed E-state index contributed by atoms with van der Waals surface area (Å²) in [6.07, 6.45) is -2.51. The third-order valence-electron chi connectivity index (χ3n) is 23.6. The van der Waals surface area contributed by atoms with Crippen LogP contribution in [0.25, 0.3) is 0 Å². The number of aliphatic carboxylic acids is 4. The molecule has 0 aliphatic carbocycles. The van der Waals surface area contributed by atoms with Crippen molar-refractivity contribution < 1.29 is 141 Å². The van der Waals surface area contributed by atoms with Crippen LogP contribution in [-0.4, -0.2) is 391 Å². The van der Waals surface area contributed by atoms with Gasteiger partial charge in [-0.3, -0.25) is 116 Å². The van der Waals surface area contributed by atoms with Gasteiger partial charge in [0.1, 0.15) is 78.5 Å². The van der Waals surface area contributed by atoms with Crippen LogP contribution in [0, 0.1) is 10.8 Å². The summed E-state index contributed by atoms with van der Waals surface area (Å²) < 4.78 is 0. The Morgan fingerprint density at radius 1 is 0.500 bits per heavy atom. The molecule has 4 saturated heterocycles. The molecule has 1 aromatic rings. The number of urea groups is 1. The second-order valence-corrected chi connectivity index (χ2v) is 36.0. The molecule has 5 heterocycles. The van der Waals surface area contributed by atoms with E-state index in [2.05, 4.69) is 111 Å². The standard InChI is InChI=1S/C85H137N31O29S/c1-42(68(129)113-67(43(2)117)82(143)144)97-37-45-13-10-27-114(45)63(122)40-100-70(131)46(15-5-7-24-96-85(92)145)106-75(136)52(31-44-36-93-41-101-44)110-79(140)58-19-12-29-116(58)80(141)55(32-59(87)118)111-71(132)48(17-9-26-95-84(90)91)103-61(120)39-99-78(139)57-18-11-28-115(57)81(142)56(35-66(127)128)112-77(138)54(34-65(125)126)109-74(135)51(22-30-146-3)102-60(119)21-20-50-73(134)107-49(14-4-6-23-86)72(133)105-47(16-8-25-94-83(88)89)69(130)98-38-62(121)104-53(33-64(123)124)76(137)108-50/h36,41-43,45-58,67,97,117H,4-35,37-40,86H2,1-3H3,(H2,87,118)(H,93,101)(H,98,130)(H,99,139)(H,100,131)(H,102,119)(H,103,120)(H,104,121)(H,105,133)(H,106,136)(H,107,134)(H,108,137)(H,109,135)(H,110,140)(H,111,132)(H,112,138)(H,113,129)(H,123,124)(H,125,126)(H,127,128)(H,143,144)(H4,88,89,94)(H4,90,91,95)(H3,92,96,145)/t42-,43+,45-,46-,47-,48-,49-,50-,51-,52-,53-,54-,55-,56-,57-,58-,67-/m0/s1. The lowest BCUT2D eigenvalue weighted by molar-refractivity contribution is -0.147. The minimum atomic E-state index is -2.17. The number of H-pyrrole nitrogens is 1. The number of thioether (sulfide) groups is 1. The molecule has 4 aliphatic heterocycles. The van der Waals surface area contributed by atoms with Crippen LogP contribution in [0.2, 0.25) is 0 Å². The van der Waals surface area contributed by atoms with Crippen molar-refractivity contribution >= 4 is 166 Å². The number of aliphatic hydroxyl groups is 1. The van der Waals surface area contributed by atoms with Crippen molar-refractivity contribution in [3.63, 3.8) is 0 Å². The number of hydrogen-bond donors (Lipinski definition) is 32. The van der Waals surface area contributed by atoms with E-state index in [1.807, 2.05) is 0 Å². The SMILES string of the molecule is CSCC[C@H](NC(=O)CC[C@@H]1NC(=O)[C@H](CC(=O)O)NC(=O)CNC(=O)[C@H](CCCNC(=N)N)NC(=O)[C@H](CCCCN)NC1=O)C(=O)N[C@@H](CC(=O)O)C(=O)N[C@@H](CC(=O)O)C(=O)N1CCC[C@H]1C(=O)NCC(=O)N[C@@H](CCCNC(=N)N)C(=O)N[C@@H](CC(N)=O)C(=O)N1CCC[C@H]1C(=O)N[C@@H](Cc1cnc[nH]1)C(=O)N[C@@H](CCCCNC(N)=O)C(=O)NCC(=O)N1CCC[C@H]1CN[C@@H](C)C(=O)N[C@H](C(=O)O)[C@@H](C)O. The maximum Gasteiger partial charge on any atom is 0.328 e. The van der Waals surface area contributed by atoms with Gasteiger partial charge in [0.2, 0.25) is 112 Å². The molecule has 146 heavy (non-hydrogen) atoms. The highest BCUT2D eigenvalue weighted by Gasteiger charge is 2.45. The van der Waals surface area contributed by atoms with Crippen LogP contribution < -0.4 is 130 Å². The largest absolute Gasteiger partial charge is 0.481 e. The summed E-state index contributed by atoms with van der Waals surface area (Å²) >= 11 is 1.15. The first-order valence-electron chi connectivity index (χ1n) is 47.4. The number of nitrogens with two attached hydrogens (primary N) is 5. The van der Waals surface area contributed by atoms with Gasteiger partial charge < -0.3 is 175 Å². The van der Waals surface area contributed by atoms with Gasteiger partial charge >= 0.3 is 29.9 Å². The number of likely N-dealkylation sites (tertiary alicyclic amines) is 3. The minimum absolute atomic E-state index is 0.0402. The van der Waals surface area contributed by atoms with E-state index in [-0.39, 0.29) is 160 Å². The Balaban J connectivity index is 1.29. The second-order valence-electron chi connectivity index (χ2n) is 35.1. The molecule has 0 unspecified atom stereocenters. The zero-order valence-electron chi connectivity index (χ0n) is 81.0. The number of imidazole rings is 1. The average Bonchev–Trinajstić information content (AvgIpc) is 1.66. The molecular formula is C85H137N31O29S. The number of carbonyl (C=O) groups is 24. The van der Waals surface area contributed by atoms with Gasteiger partial charge in [-0.15, -0.1) is 0 Å². The topological polar surface area (TPSA) is 956 Å². The molecule has 4 fully saturated rings. The van der Waals surface area contributed by atoms with Crippen molar-refractivity contribution in [3.05, 3.63) is 18.2 Å². The molecular weight excluding hydrogens is 1950 g/mol. The highest BCUT2D eigenvalue weighted by Crippen LogP contribution is 2.24. The van der Waals surface area contributed by atoms with Gasteiger partial charge in [-0.05, 0) is 148 Å². The Hall–Kier alpha value is -14.9. The number of aromatic amines is 1. The van der Waals surface area contributed by atoms with Crippen LogP contribution in [-0.2, 0) is 117 Å². The quantitative estimate of drug-likeness (QED) is 0.0164. The molecule has 0 saturated carbocycles. The number of nitrogens with zero attached hydrogens (tertiary/aromatic N) is 4. The fourth-order valence-corrected chi connectivity index (χ4v) is 16.6. The third kappa shape index (κ3) is 42.9. The van der Waals surface area contributed by atoms with Gasteiger partial charge in [0.15, 0.2) is 18.0 Å². The molecule has 37 N–H and O–H groups in total. The lowest BCUT2D eigenvalue weighted by Crippen LogP contribution is -2.60. The van der Waals surface area contributed by atoms with Crippen LogP contribution in [0.15, 0.2) is 12.5 Å². The summed E-state index contributed by atoms with van der Waals surface area (Å²) in [4.78, 5) is 337. The van der Waals surface area contributed by atoms with Gasteiger partial charge in [0.05, 0.1) is 63.8 Å². The second kappa shape index (κ2) is 62.6. The number of rotatable bonds is 60. The van der Waals surface area contributed by atoms with Gasteiger partial charge in [-0.2, -0.15) is 11.8 Å². The maximum atomic E-state index is 14.8. The number of unbranched alkanes of at least 4 members (excludes halogenated alkanes) is 2. The number of carboxylic acid groups (broad SMARTS) is 4. The molecule has 0 radical (unpaired) electrons. The van der Waals surface area contributed by atoms with Crippen LogP contribution in [0.5, 0.6) is 0 Å². The smallest absolute Gasteiger partial charge is 0.328 e. The van der Waals surface area contributed by atoms with Crippen molar-refractivity contribution in [2.75, 3.05) is 84.0 Å². The van der Waals surface area contributed by atoms with E-state index in [9.17, 15) is 141 Å². The van der Waals surface area contributed by atoms with Crippen molar-refractivity contribution in [3.8, 4) is 0 Å². The van der Waals surface area contributed by atoms with Gasteiger partial charge in [0, 0.05) is 76.6 Å². The zero-order chi connectivity index (χ0) is 109. The van der Waals surface area contributed by atoms with E-state index in [0.29, 0.717) is 19.3 Å². The molecule has 5 rings (SSSR count). The number of hydrogen-bond acceptors (Lipinski definition) is 31. The van der Waals surface area contributed by atoms with E-state index in [1.54, 1.807) is 6.26 Å². The summed E-state index contributed by atoms with van der Waals surface area (Å²) in [6.45, 7) is 0.222. The number of nitrogens with one attached hydrogen (secondary N) is 22. The lowest BCUT2D eigenvalue weighted by Gasteiger charge is -2.30. The zero-order valence-corrected chi connectivity index (χ0v) is 81.9. The summed E-state index contributed by atoms with van der Waals surface area (Å²) in [5.74, 6) is -27.3. The summed E-state index contributed by atoms with van der Waals surface area (Å²) in [5.41, 5.74) is 27.8. The Kier molecular flexibility index (Phi) is 52.1. The number of carboxylic acids is 4. The number of primary amides is 2. The molecule has 4 aliphatic rings. The van der Waals surface area contributed by atoms with Crippen molar-refractivity contribution in [2.45, 2.75) is 271 Å². The summed E-state index contributed by atoms with van der Waals surface area (Å²) in [7, 11) is 0.